The number of rotatable bonds is 7. The highest BCUT2D eigenvalue weighted by Gasteiger charge is 2.50. The van der Waals surface area contributed by atoms with Crippen LogP contribution in [0.3, 0.4) is 0 Å². The van der Waals surface area contributed by atoms with Crippen molar-refractivity contribution >= 4 is 23.3 Å². The second kappa shape index (κ2) is 9.27. The Morgan fingerprint density at radius 2 is 2.18 bits per heavy atom. The van der Waals surface area contributed by atoms with Crippen LogP contribution in [-0.4, -0.2) is 41.9 Å². The molecule has 0 bridgehead atoms. The number of nitriles is 1. The third kappa shape index (κ3) is 5.18. The van der Waals surface area contributed by atoms with E-state index in [0.717, 1.165) is 12.5 Å². The number of hydrogen-bond donors (Lipinski definition) is 2. The standard InChI is InChI=1S/C22H22ClF3N6O2/c23-16-2-1-14(7-17(16)34-22(24,25)26)18-29-9-15(10-30-20(33)21(12-28)4-5-21)19(31-18)32-6-3-13(8-27)11-32/h1-2,7,9,13H,3-6,8,10-11,27H2,(H,30,33). The molecule has 1 unspecified atom stereocenters. The number of hydrogen-bond acceptors (Lipinski definition) is 7. The lowest BCUT2D eigenvalue weighted by Crippen LogP contribution is -2.32. The largest absolute Gasteiger partial charge is 0.573 e. The van der Waals surface area contributed by atoms with Crippen molar-refractivity contribution in [1.82, 2.24) is 15.3 Å². The third-order valence-electron chi connectivity index (χ3n) is 6.01. The van der Waals surface area contributed by atoms with Crippen LogP contribution in [0.2, 0.25) is 5.02 Å². The van der Waals surface area contributed by atoms with Gasteiger partial charge in [0.25, 0.3) is 0 Å². The molecule has 1 amide bonds. The first-order valence-corrected chi connectivity index (χ1v) is 11.1. The minimum absolute atomic E-state index is 0.116. The van der Waals surface area contributed by atoms with Gasteiger partial charge in [0.15, 0.2) is 5.82 Å². The van der Waals surface area contributed by atoms with Crippen molar-refractivity contribution < 1.29 is 22.7 Å². The van der Waals surface area contributed by atoms with Gasteiger partial charge < -0.3 is 20.7 Å². The van der Waals surface area contributed by atoms with Crippen LogP contribution in [0.25, 0.3) is 11.4 Å². The van der Waals surface area contributed by atoms with Gasteiger partial charge >= 0.3 is 6.36 Å². The monoisotopic (exact) mass is 494 g/mol. The highest BCUT2D eigenvalue weighted by atomic mass is 35.5. The number of alkyl halides is 3. The van der Waals surface area contributed by atoms with Gasteiger partial charge in [-0.15, -0.1) is 13.2 Å². The van der Waals surface area contributed by atoms with E-state index in [1.165, 1.54) is 18.3 Å². The Morgan fingerprint density at radius 3 is 2.79 bits per heavy atom. The molecule has 0 spiro atoms. The van der Waals surface area contributed by atoms with Crippen molar-refractivity contribution in [3.8, 4) is 23.2 Å². The molecule has 1 atom stereocenters. The third-order valence-corrected chi connectivity index (χ3v) is 6.33. The van der Waals surface area contributed by atoms with E-state index in [4.69, 9.17) is 17.3 Å². The van der Waals surface area contributed by atoms with E-state index in [1.807, 2.05) is 4.90 Å². The number of carbonyl (C=O) groups excluding carboxylic acids is 1. The molecule has 2 aromatic rings. The molecule has 3 N–H and O–H groups in total. The summed E-state index contributed by atoms with van der Waals surface area (Å²) in [5, 5.41) is 11.8. The molecule has 4 rings (SSSR count). The fourth-order valence-electron chi connectivity index (χ4n) is 3.86. The first kappa shape index (κ1) is 24.0. The van der Waals surface area contributed by atoms with E-state index in [9.17, 15) is 23.2 Å². The maximum Gasteiger partial charge on any atom is 0.573 e. The van der Waals surface area contributed by atoms with Crippen LogP contribution in [0.15, 0.2) is 24.4 Å². The zero-order valence-electron chi connectivity index (χ0n) is 18.0. The second-order valence-electron chi connectivity index (χ2n) is 8.45. The summed E-state index contributed by atoms with van der Waals surface area (Å²) in [6, 6.07) is 5.98. The van der Waals surface area contributed by atoms with Crippen LogP contribution in [-0.2, 0) is 11.3 Å². The number of carbonyl (C=O) groups is 1. The van der Waals surface area contributed by atoms with Crippen molar-refractivity contribution in [3.05, 3.63) is 35.0 Å². The predicted molar refractivity (Wildman–Crippen MR) is 118 cm³/mol. The number of nitrogens with two attached hydrogens (primary N) is 1. The highest BCUT2D eigenvalue weighted by Crippen LogP contribution is 2.45. The number of anilines is 1. The fraction of sp³-hybridized carbons (Fsp3) is 0.455. The average Bonchev–Trinajstić information content (AvgIpc) is 3.47. The van der Waals surface area contributed by atoms with Gasteiger partial charge in [0.1, 0.15) is 17.0 Å². The van der Waals surface area contributed by atoms with Crippen molar-refractivity contribution in [1.29, 1.82) is 5.26 Å². The van der Waals surface area contributed by atoms with Gasteiger partial charge in [-0.3, -0.25) is 4.79 Å². The van der Waals surface area contributed by atoms with E-state index < -0.39 is 17.5 Å². The van der Waals surface area contributed by atoms with E-state index in [2.05, 4.69) is 26.1 Å². The van der Waals surface area contributed by atoms with Gasteiger partial charge in [0.2, 0.25) is 5.91 Å². The van der Waals surface area contributed by atoms with E-state index >= 15 is 0 Å². The van der Waals surface area contributed by atoms with E-state index in [-0.39, 0.29) is 34.8 Å². The number of benzene rings is 1. The molecule has 2 fully saturated rings. The molecule has 1 saturated carbocycles. The number of nitrogens with one attached hydrogen (secondary N) is 1. The Balaban J connectivity index is 1.64. The maximum absolute atomic E-state index is 12.7. The molecule has 180 valence electrons. The predicted octanol–water partition coefficient (Wildman–Crippen LogP) is 3.40. The van der Waals surface area contributed by atoms with Crippen LogP contribution < -0.4 is 20.7 Å². The molecule has 2 heterocycles. The molecule has 1 aromatic carbocycles. The zero-order chi connectivity index (χ0) is 24.5. The maximum atomic E-state index is 12.7. The lowest BCUT2D eigenvalue weighted by atomic mass is 10.1. The first-order valence-electron chi connectivity index (χ1n) is 10.7. The molecule has 8 nitrogen and oxygen atoms in total. The van der Waals surface area contributed by atoms with E-state index in [1.54, 1.807) is 0 Å². The summed E-state index contributed by atoms with van der Waals surface area (Å²) in [5.41, 5.74) is 5.77. The Bertz CT molecular complexity index is 1130. The topological polar surface area (TPSA) is 117 Å². The molecule has 34 heavy (non-hydrogen) atoms. The van der Waals surface area contributed by atoms with Crippen molar-refractivity contribution in [3.63, 3.8) is 0 Å². The molecular formula is C22H22ClF3N6O2. The van der Waals surface area contributed by atoms with Gasteiger partial charge in [-0.1, -0.05) is 11.6 Å². The number of nitrogens with zero attached hydrogens (tertiary/aromatic N) is 4. The SMILES string of the molecule is N#CC1(C(=O)NCc2cnc(-c3ccc(Cl)c(OC(F)(F)F)c3)nc2N2CCC(CN)C2)CC1. The molecule has 1 aliphatic heterocycles. The van der Waals surface area contributed by atoms with Crippen LogP contribution >= 0.6 is 11.6 Å². The summed E-state index contributed by atoms with van der Waals surface area (Å²) in [5.74, 6) is 0.120. The highest BCUT2D eigenvalue weighted by molar-refractivity contribution is 6.32. The van der Waals surface area contributed by atoms with E-state index in [0.29, 0.717) is 43.9 Å². The smallest absolute Gasteiger partial charge is 0.404 e. The summed E-state index contributed by atoms with van der Waals surface area (Å²) in [6.45, 7) is 1.97. The molecule has 2 aliphatic rings. The van der Waals surface area contributed by atoms with Crippen LogP contribution in [0.5, 0.6) is 5.75 Å². The van der Waals surface area contributed by atoms with Gasteiger partial charge in [0, 0.05) is 37.0 Å². The molecule has 1 aliphatic carbocycles. The Hall–Kier alpha value is -3.10. The lowest BCUT2D eigenvalue weighted by molar-refractivity contribution is -0.274. The van der Waals surface area contributed by atoms with Gasteiger partial charge in [-0.2, -0.15) is 5.26 Å². The lowest BCUT2D eigenvalue weighted by Gasteiger charge is -2.22. The minimum Gasteiger partial charge on any atom is -0.404 e. The summed E-state index contributed by atoms with van der Waals surface area (Å²) < 4.78 is 42.2. The number of amides is 1. The van der Waals surface area contributed by atoms with Gasteiger partial charge in [-0.25, -0.2) is 9.97 Å². The summed E-state index contributed by atoms with van der Waals surface area (Å²) >= 11 is 5.86. The van der Waals surface area contributed by atoms with Gasteiger partial charge in [0.05, 0.1) is 11.1 Å². The van der Waals surface area contributed by atoms with Crippen molar-refractivity contribution in [2.45, 2.75) is 32.2 Å². The number of ether oxygens (including phenoxy) is 1. The first-order chi connectivity index (χ1) is 16.1. The Labute approximate surface area is 198 Å². The van der Waals surface area contributed by atoms with Crippen LogP contribution in [0.4, 0.5) is 19.0 Å². The molecule has 1 aromatic heterocycles. The van der Waals surface area contributed by atoms with Crippen LogP contribution in [0.1, 0.15) is 24.8 Å². The average molecular weight is 495 g/mol. The number of halogens is 4. The normalized spacial score (nSPS) is 18.9. The van der Waals surface area contributed by atoms with Crippen molar-refractivity contribution in [2.24, 2.45) is 17.1 Å². The Kier molecular flexibility index (Phi) is 6.55. The zero-order valence-corrected chi connectivity index (χ0v) is 18.8. The fourth-order valence-corrected chi connectivity index (χ4v) is 4.01. The van der Waals surface area contributed by atoms with Crippen molar-refractivity contribution in [2.75, 3.05) is 24.5 Å². The summed E-state index contributed by atoms with van der Waals surface area (Å²) in [7, 11) is 0. The van der Waals surface area contributed by atoms with Crippen LogP contribution in [0, 0.1) is 22.7 Å². The quantitative estimate of drug-likeness (QED) is 0.605. The molecular weight excluding hydrogens is 473 g/mol. The summed E-state index contributed by atoms with van der Waals surface area (Å²) in [6.07, 6.45) is -1.45. The number of aromatic nitrogens is 2. The molecule has 12 heteroatoms. The molecule has 1 saturated heterocycles. The summed E-state index contributed by atoms with van der Waals surface area (Å²) in [4.78, 5) is 23.3. The second-order valence-corrected chi connectivity index (χ2v) is 8.86. The Morgan fingerprint density at radius 1 is 1.41 bits per heavy atom. The molecule has 0 radical (unpaired) electrons. The van der Waals surface area contributed by atoms with Gasteiger partial charge in [-0.05, 0) is 49.9 Å². The minimum atomic E-state index is -4.90.